The van der Waals surface area contributed by atoms with Gasteiger partial charge >= 0.3 is 6.03 Å². The Morgan fingerprint density at radius 1 is 1.17 bits per heavy atom. The Morgan fingerprint density at radius 2 is 1.91 bits per heavy atom. The minimum Gasteiger partial charge on any atom is -0.317 e. The third kappa shape index (κ3) is 3.36. The predicted octanol–water partition coefficient (Wildman–Crippen LogP) is 4.81. The Balaban J connectivity index is 1.75. The van der Waals surface area contributed by atoms with Crippen LogP contribution < -0.4 is 5.32 Å². The molecule has 0 saturated carbocycles. The van der Waals surface area contributed by atoms with E-state index in [0.29, 0.717) is 11.3 Å². The Morgan fingerprint density at radius 3 is 2.61 bits per heavy atom. The number of anilines is 1. The zero-order chi connectivity index (χ0) is 16.4. The lowest BCUT2D eigenvalue weighted by molar-refractivity contribution is 0.207. The summed E-state index contributed by atoms with van der Waals surface area (Å²) >= 11 is 0. The van der Waals surface area contributed by atoms with E-state index in [-0.39, 0.29) is 17.9 Å². The van der Waals surface area contributed by atoms with Crippen molar-refractivity contribution in [1.82, 2.24) is 4.90 Å². The number of carbonyl (C=O) groups is 1. The highest BCUT2D eigenvalue weighted by molar-refractivity contribution is 5.89. The number of hydrogen-bond donors (Lipinski definition) is 1. The molecule has 23 heavy (non-hydrogen) atoms. The molecular weight excluding hydrogens is 291 g/mol. The van der Waals surface area contributed by atoms with Gasteiger partial charge < -0.3 is 10.2 Å². The van der Waals surface area contributed by atoms with Crippen molar-refractivity contribution in [3.05, 3.63) is 65.0 Å². The minimum absolute atomic E-state index is 0.0888. The summed E-state index contributed by atoms with van der Waals surface area (Å²) in [7, 11) is 0. The van der Waals surface area contributed by atoms with Gasteiger partial charge in [-0.15, -0.1) is 0 Å². The van der Waals surface area contributed by atoms with Crippen LogP contribution in [-0.2, 0) is 0 Å². The molecule has 0 aromatic heterocycles. The molecular formula is C19H21FN2O. The van der Waals surface area contributed by atoms with E-state index >= 15 is 0 Å². The highest BCUT2D eigenvalue weighted by atomic mass is 19.1. The summed E-state index contributed by atoms with van der Waals surface area (Å²) in [6, 6.07) is 13.0. The van der Waals surface area contributed by atoms with Gasteiger partial charge in [-0.2, -0.15) is 0 Å². The number of benzene rings is 2. The molecule has 1 aliphatic rings. The van der Waals surface area contributed by atoms with E-state index in [4.69, 9.17) is 0 Å². The third-order valence-electron chi connectivity index (χ3n) is 4.40. The van der Waals surface area contributed by atoms with E-state index < -0.39 is 0 Å². The first-order valence-corrected chi connectivity index (χ1v) is 7.95. The van der Waals surface area contributed by atoms with Crippen LogP contribution in [-0.4, -0.2) is 17.5 Å². The van der Waals surface area contributed by atoms with Crippen LogP contribution in [0.1, 0.15) is 35.6 Å². The van der Waals surface area contributed by atoms with Crippen LogP contribution in [0.4, 0.5) is 14.9 Å². The molecule has 2 amide bonds. The van der Waals surface area contributed by atoms with E-state index in [1.807, 2.05) is 4.90 Å². The second-order valence-corrected chi connectivity index (χ2v) is 6.16. The number of urea groups is 1. The number of aryl methyl sites for hydroxylation is 2. The molecule has 0 aliphatic carbocycles. The number of rotatable bonds is 2. The van der Waals surface area contributed by atoms with Gasteiger partial charge in [-0.3, -0.25) is 0 Å². The summed E-state index contributed by atoms with van der Waals surface area (Å²) in [6.07, 6.45) is 1.94. The van der Waals surface area contributed by atoms with Gasteiger partial charge in [0.1, 0.15) is 5.82 Å². The molecule has 120 valence electrons. The van der Waals surface area contributed by atoms with Gasteiger partial charge in [0.15, 0.2) is 0 Å². The van der Waals surface area contributed by atoms with Crippen molar-refractivity contribution in [1.29, 1.82) is 0 Å². The molecule has 1 aliphatic heterocycles. The molecule has 1 heterocycles. The molecule has 3 nitrogen and oxygen atoms in total. The van der Waals surface area contributed by atoms with Crippen molar-refractivity contribution < 1.29 is 9.18 Å². The molecule has 0 bridgehead atoms. The summed E-state index contributed by atoms with van der Waals surface area (Å²) in [5.74, 6) is -0.306. The van der Waals surface area contributed by atoms with Crippen molar-refractivity contribution in [3.8, 4) is 0 Å². The predicted molar refractivity (Wildman–Crippen MR) is 90.0 cm³/mol. The first-order chi connectivity index (χ1) is 11.0. The van der Waals surface area contributed by atoms with Crippen molar-refractivity contribution in [3.63, 3.8) is 0 Å². The molecule has 1 N–H and O–H groups in total. The lowest BCUT2D eigenvalue weighted by Crippen LogP contribution is -2.34. The zero-order valence-corrected chi connectivity index (χ0v) is 13.5. The lowest BCUT2D eigenvalue weighted by atomic mass is 10.0. The fraction of sp³-hybridized carbons (Fsp3) is 0.316. The molecule has 1 fully saturated rings. The first kappa shape index (κ1) is 15.5. The quantitative estimate of drug-likeness (QED) is 0.848. The Labute approximate surface area is 136 Å². The third-order valence-corrected chi connectivity index (χ3v) is 4.40. The monoisotopic (exact) mass is 312 g/mol. The summed E-state index contributed by atoms with van der Waals surface area (Å²) < 4.78 is 13.6. The van der Waals surface area contributed by atoms with Crippen molar-refractivity contribution in [2.45, 2.75) is 32.7 Å². The van der Waals surface area contributed by atoms with Gasteiger partial charge in [0.2, 0.25) is 0 Å². The fourth-order valence-electron chi connectivity index (χ4n) is 3.01. The maximum Gasteiger partial charge on any atom is 0.322 e. The van der Waals surface area contributed by atoms with Crippen molar-refractivity contribution >= 4 is 11.7 Å². The minimum atomic E-state index is -0.306. The van der Waals surface area contributed by atoms with Gasteiger partial charge in [0, 0.05) is 12.2 Å². The Hall–Kier alpha value is -2.36. The molecule has 2 aromatic rings. The number of nitrogens with one attached hydrogen (secondary N) is 1. The van der Waals surface area contributed by atoms with Gasteiger partial charge in [-0.25, -0.2) is 9.18 Å². The smallest absolute Gasteiger partial charge is 0.317 e. The van der Waals surface area contributed by atoms with Gasteiger partial charge in [-0.05, 0) is 49.9 Å². The topological polar surface area (TPSA) is 32.3 Å². The highest BCUT2D eigenvalue weighted by Gasteiger charge is 2.29. The standard InChI is InChI=1S/C19H21FN2O/c1-13-5-8-15(9-6-13)18-4-3-11-22(18)19(23)21-16-10-7-14(2)17(20)12-16/h5-10,12,18H,3-4,11H2,1-2H3,(H,21,23). The van der Waals surface area contributed by atoms with E-state index in [9.17, 15) is 9.18 Å². The van der Waals surface area contributed by atoms with Crippen LogP contribution >= 0.6 is 0 Å². The van der Waals surface area contributed by atoms with E-state index in [1.54, 1.807) is 19.1 Å². The van der Waals surface area contributed by atoms with Gasteiger partial charge in [0.05, 0.1) is 6.04 Å². The fourth-order valence-corrected chi connectivity index (χ4v) is 3.01. The number of carbonyl (C=O) groups excluding carboxylic acids is 1. The molecule has 4 heteroatoms. The van der Waals surface area contributed by atoms with Gasteiger partial charge in [-0.1, -0.05) is 35.9 Å². The summed E-state index contributed by atoms with van der Waals surface area (Å²) in [5.41, 5.74) is 3.42. The number of amides is 2. The maximum atomic E-state index is 13.6. The normalized spacial score (nSPS) is 17.3. The number of halogens is 1. The van der Waals surface area contributed by atoms with Gasteiger partial charge in [0.25, 0.3) is 0 Å². The zero-order valence-electron chi connectivity index (χ0n) is 13.5. The van der Waals surface area contributed by atoms with Crippen LogP contribution in [0.25, 0.3) is 0 Å². The first-order valence-electron chi connectivity index (χ1n) is 7.95. The molecule has 0 spiro atoms. The molecule has 3 rings (SSSR count). The number of nitrogens with zero attached hydrogens (tertiary/aromatic N) is 1. The molecule has 0 radical (unpaired) electrons. The van der Waals surface area contributed by atoms with Crippen LogP contribution in [0.2, 0.25) is 0 Å². The van der Waals surface area contributed by atoms with Crippen LogP contribution in [0.3, 0.4) is 0 Å². The second kappa shape index (κ2) is 6.41. The van der Waals surface area contributed by atoms with Crippen LogP contribution in [0.5, 0.6) is 0 Å². The largest absolute Gasteiger partial charge is 0.322 e. The SMILES string of the molecule is Cc1ccc(C2CCCN2C(=O)Nc2ccc(C)c(F)c2)cc1. The second-order valence-electron chi connectivity index (χ2n) is 6.16. The van der Waals surface area contributed by atoms with Crippen LogP contribution in [0, 0.1) is 19.7 Å². The van der Waals surface area contributed by atoms with Crippen LogP contribution in [0.15, 0.2) is 42.5 Å². The summed E-state index contributed by atoms with van der Waals surface area (Å²) in [5, 5.41) is 2.81. The number of hydrogen-bond acceptors (Lipinski definition) is 1. The average Bonchev–Trinajstić information content (AvgIpc) is 3.01. The van der Waals surface area contributed by atoms with Crippen molar-refractivity contribution in [2.24, 2.45) is 0 Å². The highest BCUT2D eigenvalue weighted by Crippen LogP contribution is 2.32. The van der Waals surface area contributed by atoms with E-state index in [1.165, 1.54) is 11.6 Å². The molecule has 2 aromatic carbocycles. The van der Waals surface area contributed by atoms with E-state index in [0.717, 1.165) is 24.9 Å². The number of likely N-dealkylation sites (tertiary alicyclic amines) is 1. The lowest BCUT2D eigenvalue weighted by Gasteiger charge is -2.25. The maximum absolute atomic E-state index is 13.6. The average molecular weight is 312 g/mol. The molecule has 1 saturated heterocycles. The Kier molecular flexibility index (Phi) is 4.33. The van der Waals surface area contributed by atoms with E-state index in [2.05, 4.69) is 36.5 Å². The molecule has 1 atom stereocenters. The van der Waals surface area contributed by atoms with Crippen molar-refractivity contribution in [2.75, 3.05) is 11.9 Å². The Bertz CT molecular complexity index is 712. The summed E-state index contributed by atoms with van der Waals surface area (Å²) in [4.78, 5) is 14.4. The summed E-state index contributed by atoms with van der Waals surface area (Å²) in [6.45, 7) is 4.47. The molecule has 1 unspecified atom stereocenters.